The number of phenolic OH excluding ortho intramolecular Hbond substituents is 4. The van der Waals surface area contributed by atoms with Gasteiger partial charge in [0.15, 0.2) is 5.78 Å². The van der Waals surface area contributed by atoms with E-state index in [4.69, 9.17) is 9.47 Å². The molecule has 0 saturated carbocycles. The van der Waals surface area contributed by atoms with Gasteiger partial charge in [-0.1, -0.05) is 18.2 Å². The van der Waals surface area contributed by atoms with Crippen molar-refractivity contribution in [2.24, 2.45) is 0 Å². The molecule has 7 heteroatoms. The monoisotopic (exact) mass is 528 g/mol. The number of ketones is 1. The van der Waals surface area contributed by atoms with Crippen molar-refractivity contribution in [3.63, 3.8) is 0 Å². The number of carbonyl (C=O) groups excluding carboxylic acids is 1. The van der Waals surface area contributed by atoms with Gasteiger partial charge in [0.25, 0.3) is 0 Å². The minimum atomic E-state index is -0.200. The van der Waals surface area contributed by atoms with E-state index in [9.17, 15) is 25.2 Å². The number of methoxy groups -OCH3 is 2. The molecule has 0 amide bonds. The maximum Gasteiger partial charge on any atom is 0.163 e. The lowest BCUT2D eigenvalue weighted by Crippen LogP contribution is -2.07. The zero-order valence-electron chi connectivity index (χ0n) is 21.9. The fourth-order valence-electron chi connectivity index (χ4n) is 4.71. The molecule has 0 aromatic heterocycles. The number of ether oxygens (including phenoxy) is 2. The largest absolute Gasteiger partial charge is 0.508 e. The Balaban J connectivity index is 1.65. The van der Waals surface area contributed by atoms with Crippen LogP contribution in [0.3, 0.4) is 0 Å². The number of hydrogen-bond acceptors (Lipinski definition) is 7. The van der Waals surface area contributed by atoms with Crippen LogP contribution in [-0.2, 0) is 12.8 Å². The second kappa shape index (κ2) is 12.3. The molecule has 0 aliphatic carbocycles. The van der Waals surface area contributed by atoms with Crippen LogP contribution in [0.5, 0.6) is 34.5 Å². The molecule has 39 heavy (non-hydrogen) atoms. The van der Waals surface area contributed by atoms with Gasteiger partial charge in [0.2, 0.25) is 0 Å². The van der Waals surface area contributed by atoms with Crippen molar-refractivity contribution in [3.05, 3.63) is 107 Å². The van der Waals surface area contributed by atoms with E-state index in [0.717, 1.165) is 16.7 Å². The van der Waals surface area contributed by atoms with E-state index in [1.807, 2.05) is 24.3 Å². The predicted octanol–water partition coefficient (Wildman–Crippen LogP) is 6.11. The van der Waals surface area contributed by atoms with Gasteiger partial charge in [-0.05, 0) is 84.5 Å². The number of carbonyl (C=O) groups is 1. The molecule has 0 spiro atoms. The minimum absolute atomic E-state index is 0.0337. The van der Waals surface area contributed by atoms with Crippen LogP contribution >= 0.6 is 0 Å². The molecule has 4 aromatic rings. The Kier molecular flexibility index (Phi) is 8.61. The highest BCUT2D eigenvalue weighted by Gasteiger charge is 2.22. The van der Waals surface area contributed by atoms with Crippen LogP contribution in [0.4, 0.5) is 0 Å². The number of aryl methyl sites for hydroxylation is 2. The summed E-state index contributed by atoms with van der Waals surface area (Å²) < 4.78 is 10.8. The van der Waals surface area contributed by atoms with Gasteiger partial charge in [0, 0.05) is 35.6 Å². The van der Waals surface area contributed by atoms with Gasteiger partial charge in [0.05, 0.1) is 14.2 Å². The van der Waals surface area contributed by atoms with Gasteiger partial charge < -0.3 is 29.9 Å². The molecule has 0 fully saturated rings. The van der Waals surface area contributed by atoms with Crippen molar-refractivity contribution >= 4 is 5.78 Å². The van der Waals surface area contributed by atoms with Crippen LogP contribution in [0.25, 0.3) is 0 Å². The molecule has 4 N–H and O–H groups in total. The second-order valence-corrected chi connectivity index (χ2v) is 9.37. The van der Waals surface area contributed by atoms with Crippen LogP contribution in [0, 0.1) is 0 Å². The van der Waals surface area contributed by atoms with Gasteiger partial charge in [0.1, 0.15) is 34.5 Å². The molecule has 0 heterocycles. The lowest BCUT2D eigenvalue weighted by Gasteiger charge is -2.23. The second-order valence-electron chi connectivity index (χ2n) is 9.37. The first-order valence-electron chi connectivity index (χ1n) is 12.7. The molecule has 0 aliphatic rings. The zero-order valence-corrected chi connectivity index (χ0v) is 21.9. The third kappa shape index (κ3) is 6.62. The number of benzene rings is 4. The molecule has 0 aliphatic heterocycles. The lowest BCUT2D eigenvalue weighted by atomic mass is 9.84. The molecule has 0 unspecified atom stereocenters. The Hall–Kier alpha value is -4.65. The fraction of sp³-hybridized carbons (Fsp3) is 0.219. The van der Waals surface area contributed by atoms with E-state index >= 15 is 0 Å². The maximum absolute atomic E-state index is 12.7. The summed E-state index contributed by atoms with van der Waals surface area (Å²) >= 11 is 0. The van der Waals surface area contributed by atoms with E-state index < -0.39 is 0 Å². The van der Waals surface area contributed by atoms with Crippen molar-refractivity contribution in [2.45, 2.75) is 31.6 Å². The van der Waals surface area contributed by atoms with E-state index in [-0.39, 0.29) is 41.1 Å². The third-order valence-corrected chi connectivity index (χ3v) is 6.91. The normalized spacial score (nSPS) is 11.6. The van der Waals surface area contributed by atoms with Gasteiger partial charge in [-0.3, -0.25) is 4.79 Å². The molecule has 7 nitrogen and oxygen atoms in total. The Morgan fingerprint density at radius 1 is 0.718 bits per heavy atom. The fourth-order valence-corrected chi connectivity index (χ4v) is 4.71. The zero-order chi connectivity index (χ0) is 27.9. The first-order chi connectivity index (χ1) is 18.8. The minimum Gasteiger partial charge on any atom is -0.508 e. The average Bonchev–Trinajstić information content (AvgIpc) is 2.94. The SMILES string of the molecule is COc1ccc(CC[C@@H](c2ccc(O)cc2)c2cc(CCC(=O)c3ccc(O)cc3)c(O)cc2OC)c(O)c1. The highest BCUT2D eigenvalue weighted by molar-refractivity contribution is 5.96. The summed E-state index contributed by atoms with van der Waals surface area (Å²) in [6.45, 7) is 0. The van der Waals surface area contributed by atoms with E-state index in [0.29, 0.717) is 41.9 Å². The highest BCUT2D eigenvalue weighted by Crippen LogP contribution is 2.40. The molecule has 0 saturated heterocycles. The topological polar surface area (TPSA) is 116 Å². The van der Waals surface area contributed by atoms with Crippen LogP contribution in [-0.4, -0.2) is 40.4 Å². The predicted molar refractivity (Wildman–Crippen MR) is 148 cm³/mol. The Bertz CT molecular complexity index is 1430. The number of hydrogen-bond donors (Lipinski definition) is 4. The number of rotatable bonds is 11. The van der Waals surface area contributed by atoms with Gasteiger partial charge in [-0.25, -0.2) is 0 Å². The van der Waals surface area contributed by atoms with Crippen molar-refractivity contribution in [1.29, 1.82) is 0 Å². The summed E-state index contributed by atoms with van der Waals surface area (Å²) in [5.41, 5.74) is 3.60. The summed E-state index contributed by atoms with van der Waals surface area (Å²) in [6.07, 6.45) is 1.62. The van der Waals surface area contributed by atoms with Crippen molar-refractivity contribution in [3.8, 4) is 34.5 Å². The van der Waals surface area contributed by atoms with Crippen LogP contribution in [0.15, 0.2) is 78.9 Å². The van der Waals surface area contributed by atoms with Gasteiger partial charge in [-0.2, -0.15) is 0 Å². The van der Waals surface area contributed by atoms with Crippen LogP contribution in [0.1, 0.15) is 51.4 Å². The van der Waals surface area contributed by atoms with Crippen molar-refractivity contribution < 1.29 is 34.7 Å². The maximum atomic E-state index is 12.7. The standard InChI is InChI=1S/C32H32O7/c1-38-26-14-7-22(30(36)18-26)8-15-27(20-3-10-24(33)11-4-20)28-17-23(31(37)19-32(28)39-2)9-16-29(35)21-5-12-25(34)13-6-21/h3-7,10-14,17-19,27,33-34,36-37H,8-9,15-16H2,1-2H3/t27-/m0/s1. The Morgan fingerprint density at radius 3 is 1.97 bits per heavy atom. The summed E-state index contributed by atoms with van der Waals surface area (Å²) in [6, 6.07) is 21.7. The summed E-state index contributed by atoms with van der Waals surface area (Å²) in [7, 11) is 3.08. The molecule has 4 aromatic carbocycles. The number of phenols is 4. The van der Waals surface area contributed by atoms with Crippen molar-refractivity contribution in [1.82, 2.24) is 0 Å². The Labute approximate surface area is 227 Å². The highest BCUT2D eigenvalue weighted by atomic mass is 16.5. The van der Waals surface area contributed by atoms with Crippen molar-refractivity contribution in [2.75, 3.05) is 14.2 Å². The molecule has 4 rings (SSSR count). The van der Waals surface area contributed by atoms with E-state index in [1.54, 1.807) is 49.6 Å². The van der Waals surface area contributed by atoms with Gasteiger partial charge in [-0.15, -0.1) is 0 Å². The summed E-state index contributed by atoms with van der Waals surface area (Å²) in [4.78, 5) is 12.7. The molecule has 0 bridgehead atoms. The number of aromatic hydroxyl groups is 4. The summed E-state index contributed by atoms with van der Waals surface area (Å²) in [5, 5.41) is 40.6. The molecule has 1 atom stereocenters. The number of Topliss-reactive ketones (excluding diaryl/α,β-unsaturated/α-hetero) is 1. The third-order valence-electron chi connectivity index (χ3n) is 6.91. The van der Waals surface area contributed by atoms with Gasteiger partial charge >= 0.3 is 0 Å². The van der Waals surface area contributed by atoms with Crippen LogP contribution in [0.2, 0.25) is 0 Å². The average molecular weight is 529 g/mol. The molecular formula is C32H32O7. The molecule has 202 valence electrons. The quantitative estimate of drug-likeness (QED) is 0.174. The summed E-state index contributed by atoms with van der Waals surface area (Å²) in [5.74, 6) is 1.18. The van der Waals surface area contributed by atoms with Crippen LogP contribution < -0.4 is 9.47 Å². The Morgan fingerprint density at radius 2 is 1.36 bits per heavy atom. The molecule has 0 radical (unpaired) electrons. The van der Waals surface area contributed by atoms with E-state index in [2.05, 4.69) is 0 Å². The van der Waals surface area contributed by atoms with E-state index in [1.165, 1.54) is 19.2 Å². The first kappa shape index (κ1) is 27.4. The first-order valence-corrected chi connectivity index (χ1v) is 12.7. The molecular weight excluding hydrogens is 496 g/mol. The smallest absolute Gasteiger partial charge is 0.163 e. The lowest BCUT2D eigenvalue weighted by molar-refractivity contribution is 0.0982.